The second-order valence-corrected chi connectivity index (χ2v) is 5.71. The van der Waals surface area contributed by atoms with Gasteiger partial charge in [0.25, 0.3) is 0 Å². The van der Waals surface area contributed by atoms with Crippen LogP contribution in [0.1, 0.15) is 5.56 Å². The fraction of sp³-hybridized carbons (Fsp3) is 0.211. The SMILES string of the molecule is COCCNc1cc(-c2cncc(-c3cc(N)ccc3C)n2)ccn1. The summed E-state index contributed by atoms with van der Waals surface area (Å²) in [7, 11) is 1.67. The third-order valence-electron chi connectivity index (χ3n) is 3.84. The van der Waals surface area contributed by atoms with E-state index in [1.165, 1.54) is 0 Å². The highest BCUT2D eigenvalue weighted by atomic mass is 16.5. The molecule has 0 aliphatic heterocycles. The van der Waals surface area contributed by atoms with Gasteiger partial charge in [-0.3, -0.25) is 4.98 Å². The van der Waals surface area contributed by atoms with Crippen LogP contribution >= 0.6 is 0 Å². The molecule has 6 heteroatoms. The molecule has 0 aliphatic carbocycles. The molecule has 3 rings (SSSR count). The van der Waals surface area contributed by atoms with Crippen molar-refractivity contribution in [1.29, 1.82) is 0 Å². The van der Waals surface area contributed by atoms with Gasteiger partial charge in [-0.25, -0.2) is 9.97 Å². The zero-order chi connectivity index (χ0) is 17.6. The quantitative estimate of drug-likeness (QED) is 0.531. The lowest BCUT2D eigenvalue weighted by molar-refractivity contribution is 0.210. The first-order valence-corrected chi connectivity index (χ1v) is 8.05. The van der Waals surface area contributed by atoms with Crippen LogP contribution in [-0.4, -0.2) is 35.2 Å². The predicted octanol–water partition coefficient (Wildman–Crippen LogP) is 3.15. The van der Waals surface area contributed by atoms with Gasteiger partial charge in [0.15, 0.2) is 0 Å². The standard InChI is InChI=1S/C19H21N5O/c1-13-3-4-15(20)10-16(13)18-12-21-11-17(24-18)14-5-6-22-19(9-14)23-7-8-25-2/h3-6,9-12H,7-8,20H2,1-2H3,(H,22,23). The van der Waals surface area contributed by atoms with Crippen molar-refractivity contribution in [2.75, 3.05) is 31.3 Å². The molecular weight excluding hydrogens is 314 g/mol. The van der Waals surface area contributed by atoms with Crippen LogP contribution in [0.3, 0.4) is 0 Å². The summed E-state index contributed by atoms with van der Waals surface area (Å²) in [4.78, 5) is 13.4. The molecule has 3 aromatic rings. The van der Waals surface area contributed by atoms with Crippen LogP contribution in [0.15, 0.2) is 48.9 Å². The molecule has 0 radical (unpaired) electrons. The van der Waals surface area contributed by atoms with Gasteiger partial charge in [-0.05, 0) is 36.8 Å². The molecule has 3 N–H and O–H groups in total. The van der Waals surface area contributed by atoms with E-state index >= 15 is 0 Å². The van der Waals surface area contributed by atoms with Gasteiger partial charge in [0, 0.05) is 36.7 Å². The highest BCUT2D eigenvalue weighted by Crippen LogP contribution is 2.26. The number of benzene rings is 1. The summed E-state index contributed by atoms with van der Waals surface area (Å²) in [5.41, 5.74) is 11.3. The Balaban J connectivity index is 1.91. The van der Waals surface area contributed by atoms with E-state index in [1.807, 2.05) is 37.3 Å². The van der Waals surface area contributed by atoms with Crippen LogP contribution < -0.4 is 11.1 Å². The fourth-order valence-electron chi connectivity index (χ4n) is 2.52. The Hall–Kier alpha value is -2.99. The molecule has 0 aliphatic rings. The topological polar surface area (TPSA) is 86.0 Å². The molecule has 0 atom stereocenters. The molecule has 0 amide bonds. The Morgan fingerprint density at radius 3 is 2.80 bits per heavy atom. The van der Waals surface area contributed by atoms with Crippen LogP contribution in [0, 0.1) is 6.92 Å². The van der Waals surface area contributed by atoms with E-state index in [9.17, 15) is 0 Å². The molecular formula is C19H21N5O. The highest BCUT2D eigenvalue weighted by Gasteiger charge is 2.08. The Labute approximate surface area is 147 Å². The first-order chi connectivity index (χ1) is 12.2. The summed E-state index contributed by atoms with van der Waals surface area (Å²) < 4.78 is 5.04. The number of nitrogens with zero attached hydrogens (tertiary/aromatic N) is 3. The lowest BCUT2D eigenvalue weighted by Gasteiger charge is -2.09. The number of hydrogen-bond donors (Lipinski definition) is 2. The summed E-state index contributed by atoms with van der Waals surface area (Å²) >= 11 is 0. The molecule has 0 saturated carbocycles. The maximum Gasteiger partial charge on any atom is 0.126 e. The molecule has 2 aromatic heterocycles. The number of methoxy groups -OCH3 is 1. The van der Waals surface area contributed by atoms with Crippen LogP contribution in [0.25, 0.3) is 22.5 Å². The highest BCUT2D eigenvalue weighted by molar-refractivity contribution is 5.70. The van der Waals surface area contributed by atoms with Crippen LogP contribution in [0.5, 0.6) is 0 Å². The third kappa shape index (κ3) is 4.10. The minimum absolute atomic E-state index is 0.621. The lowest BCUT2D eigenvalue weighted by atomic mass is 10.0. The number of nitrogens with two attached hydrogens (primary N) is 1. The second-order valence-electron chi connectivity index (χ2n) is 5.71. The third-order valence-corrected chi connectivity index (χ3v) is 3.84. The average molecular weight is 335 g/mol. The summed E-state index contributed by atoms with van der Waals surface area (Å²) in [6, 6.07) is 9.67. The van der Waals surface area contributed by atoms with Crippen molar-refractivity contribution in [3.05, 3.63) is 54.5 Å². The number of nitrogens with one attached hydrogen (secondary N) is 1. The Kier molecular flexibility index (Phi) is 5.20. The van der Waals surface area contributed by atoms with E-state index in [0.29, 0.717) is 18.8 Å². The van der Waals surface area contributed by atoms with Crippen molar-refractivity contribution in [2.24, 2.45) is 0 Å². The number of anilines is 2. The van der Waals surface area contributed by atoms with Gasteiger partial charge in [-0.1, -0.05) is 6.07 Å². The largest absolute Gasteiger partial charge is 0.399 e. The molecule has 6 nitrogen and oxygen atoms in total. The number of rotatable bonds is 6. The van der Waals surface area contributed by atoms with Crippen LogP contribution in [0.4, 0.5) is 11.5 Å². The van der Waals surface area contributed by atoms with Crippen LogP contribution in [0.2, 0.25) is 0 Å². The van der Waals surface area contributed by atoms with Crippen LogP contribution in [-0.2, 0) is 4.74 Å². The van der Waals surface area contributed by atoms with Crippen molar-refractivity contribution in [2.45, 2.75) is 6.92 Å². The first-order valence-electron chi connectivity index (χ1n) is 8.05. The van der Waals surface area contributed by atoms with Gasteiger partial charge in [0.2, 0.25) is 0 Å². The van der Waals surface area contributed by atoms with Gasteiger partial charge in [0.1, 0.15) is 5.82 Å². The van der Waals surface area contributed by atoms with Crippen molar-refractivity contribution >= 4 is 11.5 Å². The van der Waals surface area contributed by atoms with E-state index in [1.54, 1.807) is 25.7 Å². The fourth-order valence-corrected chi connectivity index (χ4v) is 2.52. The smallest absolute Gasteiger partial charge is 0.126 e. The van der Waals surface area contributed by atoms with Crippen molar-refractivity contribution in [1.82, 2.24) is 15.0 Å². The van der Waals surface area contributed by atoms with E-state index in [2.05, 4.69) is 15.3 Å². The average Bonchev–Trinajstić information content (AvgIpc) is 2.64. The zero-order valence-corrected chi connectivity index (χ0v) is 14.4. The molecule has 1 aromatic carbocycles. The molecule has 25 heavy (non-hydrogen) atoms. The summed E-state index contributed by atoms with van der Waals surface area (Å²) in [6.45, 7) is 3.35. The summed E-state index contributed by atoms with van der Waals surface area (Å²) in [5.74, 6) is 0.780. The normalized spacial score (nSPS) is 10.6. The van der Waals surface area contributed by atoms with E-state index in [0.717, 1.165) is 33.9 Å². The summed E-state index contributed by atoms with van der Waals surface area (Å²) in [6.07, 6.45) is 5.26. The van der Waals surface area contributed by atoms with Gasteiger partial charge < -0.3 is 15.8 Å². The zero-order valence-electron chi connectivity index (χ0n) is 14.4. The van der Waals surface area contributed by atoms with Gasteiger partial charge >= 0.3 is 0 Å². The van der Waals surface area contributed by atoms with Crippen molar-refractivity contribution in [3.8, 4) is 22.5 Å². The van der Waals surface area contributed by atoms with Gasteiger partial charge in [-0.2, -0.15) is 0 Å². The number of aryl methyl sites for hydroxylation is 1. The second kappa shape index (κ2) is 7.72. The minimum atomic E-state index is 0.621. The minimum Gasteiger partial charge on any atom is -0.399 e. The molecule has 0 saturated heterocycles. The first kappa shape index (κ1) is 16.9. The number of hydrogen-bond acceptors (Lipinski definition) is 6. The van der Waals surface area contributed by atoms with Gasteiger partial charge in [0.05, 0.1) is 30.4 Å². The lowest BCUT2D eigenvalue weighted by Crippen LogP contribution is -2.08. The maximum absolute atomic E-state index is 5.92. The van der Waals surface area contributed by atoms with E-state index in [-0.39, 0.29) is 0 Å². The molecule has 0 unspecified atom stereocenters. The van der Waals surface area contributed by atoms with Crippen molar-refractivity contribution < 1.29 is 4.74 Å². The van der Waals surface area contributed by atoms with Gasteiger partial charge in [-0.15, -0.1) is 0 Å². The monoisotopic (exact) mass is 335 g/mol. The van der Waals surface area contributed by atoms with E-state index < -0.39 is 0 Å². The Morgan fingerprint density at radius 2 is 1.96 bits per heavy atom. The summed E-state index contributed by atoms with van der Waals surface area (Å²) in [5, 5.41) is 3.22. The number of nitrogen functional groups attached to an aromatic ring is 1. The Morgan fingerprint density at radius 1 is 1.12 bits per heavy atom. The molecule has 128 valence electrons. The van der Waals surface area contributed by atoms with E-state index in [4.69, 9.17) is 15.5 Å². The maximum atomic E-state index is 5.92. The molecule has 2 heterocycles. The Bertz CT molecular complexity index is 866. The number of aromatic nitrogens is 3. The number of ether oxygens (including phenoxy) is 1. The molecule has 0 spiro atoms. The van der Waals surface area contributed by atoms with Crippen molar-refractivity contribution in [3.63, 3.8) is 0 Å². The molecule has 0 fully saturated rings. The molecule has 0 bridgehead atoms. The number of pyridine rings is 1. The predicted molar refractivity (Wildman–Crippen MR) is 100 cm³/mol.